The molecule has 1 aromatic carbocycles. The molecule has 0 saturated carbocycles. The summed E-state index contributed by atoms with van der Waals surface area (Å²) in [5.74, 6) is 1.63. The van der Waals surface area contributed by atoms with Crippen LogP contribution in [0.2, 0.25) is 0 Å². The van der Waals surface area contributed by atoms with Crippen LogP contribution in [0.4, 0.5) is 5.69 Å². The molecule has 2 fully saturated rings. The summed E-state index contributed by atoms with van der Waals surface area (Å²) in [7, 11) is 2.20. The highest BCUT2D eigenvalue weighted by Gasteiger charge is 2.18. The first kappa shape index (κ1) is 19.2. The maximum atomic E-state index is 6.12. The summed E-state index contributed by atoms with van der Waals surface area (Å²) in [5.41, 5.74) is 3.48. The van der Waals surface area contributed by atoms with Crippen molar-refractivity contribution in [1.82, 2.24) is 9.88 Å². The second kappa shape index (κ2) is 8.45. The van der Waals surface area contributed by atoms with Crippen molar-refractivity contribution < 1.29 is 4.74 Å². The molecule has 2 aliphatic rings. The van der Waals surface area contributed by atoms with E-state index in [1.165, 1.54) is 49.8 Å². The third kappa shape index (κ3) is 4.24. The number of hydrogen-bond donors (Lipinski definition) is 0. The lowest BCUT2D eigenvalue weighted by Crippen LogP contribution is -2.32. The molecule has 5 heteroatoms. The normalized spacial score (nSPS) is 18.9. The minimum atomic E-state index is 0. The van der Waals surface area contributed by atoms with Gasteiger partial charge in [-0.1, -0.05) is 0 Å². The molecule has 1 aromatic heterocycles. The van der Waals surface area contributed by atoms with Crippen molar-refractivity contribution in [2.45, 2.75) is 32.6 Å². The van der Waals surface area contributed by atoms with Crippen LogP contribution in [0.1, 0.15) is 31.4 Å². The number of nitrogens with zero attached hydrogens (tertiary/aromatic N) is 3. The van der Waals surface area contributed by atoms with Crippen molar-refractivity contribution in [2.75, 3.05) is 44.7 Å². The number of halogens is 1. The Morgan fingerprint density at radius 1 is 1.08 bits per heavy atom. The fraction of sp³-hybridized carbons (Fsp3) is 0.571. The van der Waals surface area contributed by atoms with E-state index in [1.807, 2.05) is 0 Å². The molecule has 0 amide bonds. The number of anilines is 1. The fourth-order valence-corrected chi connectivity index (χ4v) is 4.07. The molecule has 0 radical (unpaired) electrons. The predicted molar refractivity (Wildman–Crippen MR) is 111 cm³/mol. The van der Waals surface area contributed by atoms with Crippen LogP contribution in [0.3, 0.4) is 0 Å². The van der Waals surface area contributed by atoms with Crippen LogP contribution in [-0.2, 0) is 0 Å². The summed E-state index contributed by atoms with van der Waals surface area (Å²) < 4.78 is 6.12. The highest BCUT2D eigenvalue weighted by atomic mass is 35.5. The van der Waals surface area contributed by atoms with Crippen LogP contribution in [-0.4, -0.2) is 49.7 Å². The molecule has 2 aliphatic heterocycles. The molecule has 3 heterocycles. The molecule has 2 aromatic rings. The van der Waals surface area contributed by atoms with E-state index in [9.17, 15) is 0 Å². The van der Waals surface area contributed by atoms with Crippen molar-refractivity contribution >= 4 is 29.0 Å². The molecular weight excluding hydrogens is 346 g/mol. The van der Waals surface area contributed by atoms with Crippen molar-refractivity contribution in [1.29, 1.82) is 0 Å². The molecule has 142 valence electrons. The van der Waals surface area contributed by atoms with Gasteiger partial charge in [0.05, 0.1) is 12.1 Å². The number of fused-ring (bicyclic) bond motifs is 1. The van der Waals surface area contributed by atoms with E-state index >= 15 is 0 Å². The Hall–Kier alpha value is -1.52. The highest BCUT2D eigenvalue weighted by Crippen LogP contribution is 2.31. The third-order valence-electron chi connectivity index (χ3n) is 5.66. The lowest BCUT2D eigenvalue weighted by atomic mass is 9.98. The van der Waals surface area contributed by atoms with Crippen LogP contribution >= 0.6 is 12.4 Å². The zero-order valence-electron chi connectivity index (χ0n) is 15.9. The van der Waals surface area contributed by atoms with Gasteiger partial charge < -0.3 is 14.5 Å². The van der Waals surface area contributed by atoms with Crippen molar-refractivity contribution in [2.24, 2.45) is 5.92 Å². The average Bonchev–Trinajstić information content (AvgIpc) is 3.14. The number of ether oxygens (including phenoxy) is 1. The van der Waals surface area contributed by atoms with Crippen LogP contribution in [0, 0.1) is 12.8 Å². The zero-order valence-corrected chi connectivity index (χ0v) is 16.7. The highest BCUT2D eigenvalue weighted by molar-refractivity contribution is 5.93. The summed E-state index contributed by atoms with van der Waals surface area (Å²) in [4.78, 5) is 9.66. The topological polar surface area (TPSA) is 28.6 Å². The first-order chi connectivity index (χ1) is 12.2. The lowest BCUT2D eigenvalue weighted by Gasteiger charge is -2.28. The molecule has 4 nitrogen and oxygen atoms in total. The number of rotatable bonds is 4. The van der Waals surface area contributed by atoms with E-state index in [-0.39, 0.29) is 12.4 Å². The van der Waals surface area contributed by atoms with Gasteiger partial charge in [-0.2, -0.15) is 0 Å². The lowest BCUT2D eigenvalue weighted by molar-refractivity contribution is 0.160. The first-order valence-corrected chi connectivity index (χ1v) is 9.67. The number of hydrogen-bond acceptors (Lipinski definition) is 4. The molecule has 0 spiro atoms. The number of likely N-dealkylation sites (tertiary alicyclic amines) is 1. The molecular formula is C21H30ClN3O. The Balaban J connectivity index is 0.00000196. The summed E-state index contributed by atoms with van der Waals surface area (Å²) in [6, 6.07) is 8.66. The number of aromatic nitrogens is 1. The fourth-order valence-electron chi connectivity index (χ4n) is 4.07. The maximum Gasteiger partial charge on any atom is 0.121 e. The molecule has 0 atom stereocenters. The van der Waals surface area contributed by atoms with E-state index in [0.717, 1.165) is 36.7 Å². The maximum absolute atomic E-state index is 6.12. The van der Waals surface area contributed by atoms with Gasteiger partial charge in [0, 0.05) is 35.9 Å². The van der Waals surface area contributed by atoms with Gasteiger partial charge in [-0.05, 0) is 76.9 Å². The zero-order chi connectivity index (χ0) is 17.2. The molecule has 0 aliphatic carbocycles. The van der Waals surface area contributed by atoms with Crippen molar-refractivity contribution in [3.63, 3.8) is 0 Å². The standard InChI is InChI=1S/C21H29N3O.ClH/c1-16-13-21(24-9-3-4-10-24)19-6-5-18(14-20(19)22-16)25-15-17-7-11-23(2)12-8-17;/h5-6,13-14,17H,3-4,7-12,15H2,1-2H3;1H. The SMILES string of the molecule is Cc1cc(N2CCCC2)c2ccc(OCC3CCN(C)CC3)cc2n1.Cl. The summed E-state index contributed by atoms with van der Waals surface area (Å²) in [6.07, 6.45) is 5.06. The first-order valence-electron chi connectivity index (χ1n) is 9.67. The molecule has 2 saturated heterocycles. The van der Waals surface area contributed by atoms with Gasteiger partial charge in [-0.15, -0.1) is 12.4 Å². The van der Waals surface area contributed by atoms with Gasteiger partial charge in [0.1, 0.15) is 5.75 Å². The minimum Gasteiger partial charge on any atom is -0.493 e. The molecule has 0 N–H and O–H groups in total. The van der Waals surface area contributed by atoms with Gasteiger partial charge in [-0.3, -0.25) is 4.98 Å². The minimum absolute atomic E-state index is 0. The number of piperidine rings is 1. The Morgan fingerprint density at radius 2 is 1.81 bits per heavy atom. The number of aryl methyl sites for hydroxylation is 1. The molecule has 4 rings (SSSR count). The summed E-state index contributed by atoms with van der Waals surface area (Å²) >= 11 is 0. The monoisotopic (exact) mass is 375 g/mol. The number of benzene rings is 1. The van der Waals surface area contributed by atoms with E-state index in [2.05, 4.69) is 48.0 Å². The Kier molecular flexibility index (Phi) is 6.25. The average molecular weight is 376 g/mol. The Morgan fingerprint density at radius 3 is 2.54 bits per heavy atom. The Bertz CT molecular complexity index is 737. The van der Waals surface area contributed by atoms with Gasteiger partial charge in [0.2, 0.25) is 0 Å². The molecule has 0 bridgehead atoms. The van der Waals surface area contributed by atoms with Gasteiger partial charge >= 0.3 is 0 Å². The van der Waals surface area contributed by atoms with Crippen LogP contribution in [0.25, 0.3) is 10.9 Å². The van der Waals surface area contributed by atoms with Crippen LogP contribution < -0.4 is 9.64 Å². The molecule has 0 unspecified atom stereocenters. The second-order valence-electron chi connectivity index (χ2n) is 7.71. The van der Waals surface area contributed by atoms with Crippen molar-refractivity contribution in [3.8, 4) is 5.75 Å². The number of pyridine rings is 1. The predicted octanol–water partition coefficient (Wildman–Crippen LogP) is 4.29. The van der Waals surface area contributed by atoms with Crippen LogP contribution in [0.5, 0.6) is 5.75 Å². The Labute approximate surface area is 162 Å². The van der Waals surface area contributed by atoms with E-state index in [4.69, 9.17) is 9.72 Å². The van der Waals surface area contributed by atoms with Gasteiger partial charge in [0.15, 0.2) is 0 Å². The smallest absolute Gasteiger partial charge is 0.121 e. The van der Waals surface area contributed by atoms with Gasteiger partial charge in [-0.25, -0.2) is 0 Å². The third-order valence-corrected chi connectivity index (χ3v) is 5.66. The summed E-state index contributed by atoms with van der Waals surface area (Å²) in [6.45, 7) is 7.60. The van der Waals surface area contributed by atoms with E-state index in [0.29, 0.717) is 5.92 Å². The largest absolute Gasteiger partial charge is 0.493 e. The quantitative estimate of drug-likeness (QED) is 0.797. The summed E-state index contributed by atoms with van der Waals surface area (Å²) in [5, 5.41) is 1.25. The van der Waals surface area contributed by atoms with E-state index in [1.54, 1.807) is 0 Å². The molecule has 26 heavy (non-hydrogen) atoms. The van der Waals surface area contributed by atoms with Crippen molar-refractivity contribution in [3.05, 3.63) is 30.0 Å². The second-order valence-corrected chi connectivity index (χ2v) is 7.71. The van der Waals surface area contributed by atoms with E-state index < -0.39 is 0 Å². The van der Waals surface area contributed by atoms with Crippen LogP contribution in [0.15, 0.2) is 24.3 Å². The van der Waals surface area contributed by atoms with Gasteiger partial charge in [0.25, 0.3) is 0 Å².